The van der Waals surface area contributed by atoms with Gasteiger partial charge in [-0.05, 0) is 32.0 Å². The fraction of sp³-hybridized carbons (Fsp3) is 0.333. The van der Waals surface area contributed by atoms with Crippen molar-refractivity contribution >= 4 is 35.0 Å². The second-order valence-corrected chi connectivity index (χ2v) is 4.34. The maximum atomic E-state index is 11.5. The molecule has 0 saturated heterocycles. The third-order valence-corrected chi connectivity index (χ3v) is 2.40. The third-order valence-electron chi connectivity index (χ3n) is 1.96. The van der Waals surface area contributed by atoms with Gasteiger partial charge in [0, 0.05) is 10.0 Å². The molecule has 1 aromatic carbocycles. The van der Waals surface area contributed by atoms with Crippen LogP contribution in [0.2, 0.25) is 10.0 Å². The topological polar surface area (TPSA) is 52.6 Å². The minimum atomic E-state index is -1.31. The van der Waals surface area contributed by atoms with Gasteiger partial charge in [-0.15, -0.1) is 0 Å². The highest BCUT2D eigenvalue weighted by Gasteiger charge is 2.27. The molecule has 0 saturated carbocycles. The minimum Gasteiger partial charge on any atom is -0.471 e. The maximum absolute atomic E-state index is 11.5. The number of carbonyl (C=O) groups is 2. The van der Waals surface area contributed by atoms with Gasteiger partial charge in [-0.3, -0.25) is 4.79 Å². The zero-order valence-electron chi connectivity index (χ0n) is 9.91. The van der Waals surface area contributed by atoms with Gasteiger partial charge in [0.15, 0.2) is 5.78 Å². The van der Waals surface area contributed by atoms with Crippen LogP contribution in [0.1, 0.15) is 13.8 Å². The molecule has 0 amide bonds. The van der Waals surface area contributed by atoms with Crippen LogP contribution in [0.25, 0.3) is 0 Å². The summed E-state index contributed by atoms with van der Waals surface area (Å²) >= 11 is 11.6. The van der Waals surface area contributed by atoms with E-state index in [0.717, 1.165) is 0 Å². The van der Waals surface area contributed by atoms with E-state index in [1.807, 2.05) is 0 Å². The van der Waals surface area contributed by atoms with Crippen molar-refractivity contribution in [3.05, 3.63) is 28.2 Å². The summed E-state index contributed by atoms with van der Waals surface area (Å²) in [6, 6.07) is 4.44. The molecule has 4 nitrogen and oxygen atoms in total. The van der Waals surface area contributed by atoms with Gasteiger partial charge in [-0.1, -0.05) is 23.2 Å². The molecule has 0 bridgehead atoms. The summed E-state index contributed by atoms with van der Waals surface area (Å²) < 4.78 is 10.0. The van der Waals surface area contributed by atoms with E-state index < -0.39 is 17.9 Å². The smallest absolute Gasteiger partial charge is 0.355 e. The van der Waals surface area contributed by atoms with Crippen molar-refractivity contribution in [3.63, 3.8) is 0 Å². The van der Waals surface area contributed by atoms with Crippen LogP contribution in [-0.4, -0.2) is 24.5 Å². The Balaban J connectivity index is 2.89. The van der Waals surface area contributed by atoms with E-state index in [1.54, 1.807) is 6.92 Å². The van der Waals surface area contributed by atoms with Gasteiger partial charge in [-0.25, -0.2) is 4.79 Å². The molecule has 6 heteroatoms. The first-order chi connectivity index (χ1) is 8.43. The molecule has 98 valence electrons. The lowest BCUT2D eigenvalue weighted by Crippen LogP contribution is -2.35. The largest absolute Gasteiger partial charge is 0.471 e. The molecule has 0 heterocycles. The van der Waals surface area contributed by atoms with Crippen LogP contribution < -0.4 is 4.74 Å². The van der Waals surface area contributed by atoms with E-state index in [0.29, 0.717) is 10.0 Å². The molecule has 1 aromatic rings. The summed E-state index contributed by atoms with van der Waals surface area (Å²) in [5.41, 5.74) is 0. The number of Topliss-reactive ketones (excluding diaryl/α,β-unsaturated/α-hetero) is 1. The molecular formula is C12H12Cl2O4. The second kappa shape index (κ2) is 6.61. The third kappa shape index (κ3) is 4.20. The highest BCUT2D eigenvalue weighted by atomic mass is 35.5. The Labute approximate surface area is 115 Å². The van der Waals surface area contributed by atoms with Gasteiger partial charge >= 0.3 is 5.97 Å². The summed E-state index contributed by atoms with van der Waals surface area (Å²) in [5.74, 6) is -0.952. The van der Waals surface area contributed by atoms with Crippen molar-refractivity contribution in [2.45, 2.75) is 20.0 Å². The molecule has 1 atom stereocenters. The van der Waals surface area contributed by atoms with Crippen molar-refractivity contribution in [2.24, 2.45) is 0 Å². The predicted molar refractivity (Wildman–Crippen MR) is 68.2 cm³/mol. The summed E-state index contributed by atoms with van der Waals surface area (Å²) in [4.78, 5) is 22.9. The predicted octanol–water partition coefficient (Wildman–Crippen LogP) is 2.89. The van der Waals surface area contributed by atoms with Crippen molar-refractivity contribution in [3.8, 4) is 5.75 Å². The number of benzene rings is 1. The molecule has 0 N–H and O–H groups in total. The van der Waals surface area contributed by atoms with Crippen LogP contribution in [0.3, 0.4) is 0 Å². The van der Waals surface area contributed by atoms with E-state index in [9.17, 15) is 9.59 Å². The van der Waals surface area contributed by atoms with E-state index in [-0.39, 0.29) is 12.4 Å². The lowest BCUT2D eigenvalue weighted by molar-refractivity contribution is -0.154. The molecule has 0 radical (unpaired) electrons. The first-order valence-corrected chi connectivity index (χ1v) is 5.99. The van der Waals surface area contributed by atoms with Crippen LogP contribution in [0.4, 0.5) is 0 Å². The highest BCUT2D eigenvalue weighted by molar-refractivity contribution is 6.34. The van der Waals surface area contributed by atoms with E-state index in [1.165, 1.54) is 25.1 Å². The summed E-state index contributed by atoms with van der Waals surface area (Å²) in [5, 5.41) is 0.701. The van der Waals surface area contributed by atoms with Crippen molar-refractivity contribution in [2.75, 3.05) is 6.61 Å². The Hall–Kier alpha value is -1.26. The van der Waals surface area contributed by atoms with Gasteiger partial charge in [0.2, 0.25) is 0 Å². The van der Waals surface area contributed by atoms with E-state index >= 15 is 0 Å². The number of halogens is 2. The number of ketones is 1. The van der Waals surface area contributed by atoms with Crippen LogP contribution in [0.15, 0.2) is 18.2 Å². The number of esters is 1. The van der Waals surface area contributed by atoms with Gasteiger partial charge in [0.25, 0.3) is 6.10 Å². The molecular weight excluding hydrogens is 279 g/mol. The van der Waals surface area contributed by atoms with Crippen LogP contribution in [0.5, 0.6) is 5.75 Å². The molecule has 0 fully saturated rings. The average molecular weight is 291 g/mol. The monoisotopic (exact) mass is 290 g/mol. The Morgan fingerprint density at radius 2 is 1.78 bits per heavy atom. The lowest BCUT2D eigenvalue weighted by atomic mass is 10.2. The van der Waals surface area contributed by atoms with Crippen molar-refractivity contribution in [1.82, 2.24) is 0 Å². The summed E-state index contributed by atoms with van der Waals surface area (Å²) in [7, 11) is 0. The second-order valence-electron chi connectivity index (χ2n) is 3.47. The fourth-order valence-electron chi connectivity index (χ4n) is 1.25. The molecule has 1 unspecified atom stereocenters. The first-order valence-electron chi connectivity index (χ1n) is 5.24. The Morgan fingerprint density at radius 1 is 1.22 bits per heavy atom. The Morgan fingerprint density at radius 3 is 2.22 bits per heavy atom. The van der Waals surface area contributed by atoms with E-state index in [4.69, 9.17) is 32.7 Å². The molecule has 0 spiro atoms. The molecule has 0 aromatic heterocycles. The number of carbonyl (C=O) groups excluding carboxylic acids is 2. The van der Waals surface area contributed by atoms with Crippen LogP contribution in [-0.2, 0) is 14.3 Å². The van der Waals surface area contributed by atoms with Gasteiger partial charge in [0.1, 0.15) is 5.75 Å². The quantitative estimate of drug-likeness (QED) is 0.618. The van der Waals surface area contributed by atoms with Gasteiger partial charge < -0.3 is 9.47 Å². The molecule has 0 aliphatic rings. The summed E-state index contributed by atoms with van der Waals surface area (Å²) in [6.07, 6.45) is -1.31. The zero-order valence-corrected chi connectivity index (χ0v) is 11.4. The van der Waals surface area contributed by atoms with Crippen LogP contribution in [0, 0.1) is 0 Å². The molecule has 18 heavy (non-hydrogen) atoms. The standard InChI is InChI=1S/C12H12Cl2O4/c1-3-17-12(16)11(7(2)15)18-10-5-8(13)4-9(14)6-10/h4-6,11H,3H2,1-2H3. The molecule has 0 aliphatic carbocycles. The maximum Gasteiger partial charge on any atom is 0.355 e. The minimum absolute atomic E-state index is 0.169. The summed E-state index contributed by atoms with van der Waals surface area (Å²) in [6.45, 7) is 3.06. The van der Waals surface area contributed by atoms with Crippen LogP contribution >= 0.6 is 23.2 Å². The molecule has 1 rings (SSSR count). The lowest BCUT2D eigenvalue weighted by Gasteiger charge is -2.15. The number of ether oxygens (including phenoxy) is 2. The average Bonchev–Trinajstić information content (AvgIpc) is 2.24. The van der Waals surface area contributed by atoms with Crippen molar-refractivity contribution < 1.29 is 19.1 Å². The number of hydrogen-bond acceptors (Lipinski definition) is 4. The van der Waals surface area contributed by atoms with E-state index in [2.05, 4.69) is 0 Å². The highest BCUT2D eigenvalue weighted by Crippen LogP contribution is 2.25. The zero-order chi connectivity index (χ0) is 13.7. The SMILES string of the molecule is CCOC(=O)C(Oc1cc(Cl)cc(Cl)c1)C(C)=O. The first kappa shape index (κ1) is 14.8. The molecule has 0 aliphatic heterocycles. The van der Waals surface area contributed by atoms with Gasteiger partial charge in [-0.2, -0.15) is 0 Å². The normalized spacial score (nSPS) is 11.8. The van der Waals surface area contributed by atoms with Gasteiger partial charge in [0.05, 0.1) is 6.61 Å². The Kier molecular flexibility index (Phi) is 5.44. The fourth-order valence-corrected chi connectivity index (χ4v) is 1.75. The Bertz CT molecular complexity index is 439. The number of rotatable bonds is 5. The number of hydrogen-bond donors (Lipinski definition) is 0. The van der Waals surface area contributed by atoms with Crippen molar-refractivity contribution in [1.29, 1.82) is 0 Å².